The molecule has 0 radical (unpaired) electrons. The summed E-state index contributed by atoms with van der Waals surface area (Å²) in [5, 5.41) is 15.8. The van der Waals surface area contributed by atoms with Gasteiger partial charge in [0.2, 0.25) is 5.91 Å². The van der Waals surface area contributed by atoms with E-state index >= 15 is 0 Å². The fourth-order valence-corrected chi connectivity index (χ4v) is 1.80. The minimum Gasteiger partial charge on any atom is -0.481 e. The fourth-order valence-electron chi connectivity index (χ4n) is 1.80. The van der Waals surface area contributed by atoms with Crippen LogP contribution in [0.3, 0.4) is 0 Å². The summed E-state index contributed by atoms with van der Waals surface area (Å²) in [4.78, 5) is 22.8. The summed E-state index contributed by atoms with van der Waals surface area (Å²) in [5.41, 5.74) is 0.417. The standard InChI is InChI=1S/C15H17N3O3/c1-15(2,14(20)21)10-13(19)17-11-4-6-12(7-5-11)18-9-3-8-16-18/h3-9H,10H2,1-2H3,(H,17,19)(H,20,21). The summed E-state index contributed by atoms with van der Waals surface area (Å²) in [6.45, 7) is 3.05. The molecule has 1 aromatic heterocycles. The molecule has 1 amide bonds. The molecule has 0 aliphatic heterocycles. The van der Waals surface area contributed by atoms with Crippen LogP contribution in [0, 0.1) is 5.41 Å². The lowest BCUT2D eigenvalue weighted by Gasteiger charge is -2.18. The zero-order valence-electron chi connectivity index (χ0n) is 11.9. The van der Waals surface area contributed by atoms with Gasteiger partial charge in [-0.25, -0.2) is 4.68 Å². The van der Waals surface area contributed by atoms with Crippen molar-refractivity contribution in [2.45, 2.75) is 20.3 Å². The highest BCUT2D eigenvalue weighted by Gasteiger charge is 2.30. The van der Waals surface area contributed by atoms with Gasteiger partial charge >= 0.3 is 5.97 Å². The van der Waals surface area contributed by atoms with Crippen LogP contribution in [0.1, 0.15) is 20.3 Å². The van der Waals surface area contributed by atoms with Crippen LogP contribution in [0.25, 0.3) is 5.69 Å². The lowest BCUT2D eigenvalue weighted by atomic mass is 9.89. The molecule has 6 nitrogen and oxygen atoms in total. The Kier molecular flexibility index (Phi) is 4.07. The van der Waals surface area contributed by atoms with E-state index in [1.165, 1.54) is 13.8 Å². The van der Waals surface area contributed by atoms with E-state index in [9.17, 15) is 9.59 Å². The molecule has 0 aliphatic carbocycles. The summed E-state index contributed by atoms with van der Waals surface area (Å²) in [7, 11) is 0. The van der Waals surface area contributed by atoms with E-state index in [1.807, 2.05) is 24.4 Å². The highest BCUT2D eigenvalue weighted by molar-refractivity contribution is 5.94. The number of amides is 1. The average Bonchev–Trinajstić information content (AvgIpc) is 2.92. The molecule has 1 aromatic carbocycles. The van der Waals surface area contributed by atoms with Crippen molar-refractivity contribution in [1.29, 1.82) is 0 Å². The Labute approximate surface area is 122 Å². The quantitative estimate of drug-likeness (QED) is 0.883. The third kappa shape index (κ3) is 3.68. The van der Waals surface area contributed by atoms with Crippen molar-refractivity contribution in [3.05, 3.63) is 42.7 Å². The van der Waals surface area contributed by atoms with Gasteiger partial charge in [-0.2, -0.15) is 5.10 Å². The van der Waals surface area contributed by atoms with E-state index in [2.05, 4.69) is 10.4 Å². The van der Waals surface area contributed by atoms with Crippen LogP contribution in [0.5, 0.6) is 0 Å². The normalized spacial score (nSPS) is 11.1. The van der Waals surface area contributed by atoms with Crippen molar-refractivity contribution < 1.29 is 14.7 Å². The number of hydrogen-bond acceptors (Lipinski definition) is 3. The number of rotatable bonds is 5. The van der Waals surface area contributed by atoms with Gasteiger partial charge in [-0.3, -0.25) is 9.59 Å². The molecule has 0 unspecified atom stereocenters. The topological polar surface area (TPSA) is 84.2 Å². The van der Waals surface area contributed by atoms with Gasteiger partial charge in [-0.1, -0.05) is 0 Å². The molecule has 0 fully saturated rings. The third-order valence-corrected chi connectivity index (χ3v) is 3.10. The van der Waals surface area contributed by atoms with Crippen LogP contribution in [-0.4, -0.2) is 26.8 Å². The molecule has 0 bridgehead atoms. The molecule has 110 valence electrons. The first-order valence-corrected chi connectivity index (χ1v) is 6.52. The molecule has 0 spiro atoms. The number of carboxylic acid groups (broad SMARTS) is 1. The largest absolute Gasteiger partial charge is 0.481 e. The van der Waals surface area contributed by atoms with E-state index in [-0.39, 0.29) is 12.3 Å². The second-order valence-corrected chi connectivity index (χ2v) is 5.41. The molecular formula is C15H17N3O3. The Bertz CT molecular complexity index is 631. The van der Waals surface area contributed by atoms with Gasteiger partial charge in [0.25, 0.3) is 0 Å². The summed E-state index contributed by atoms with van der Waals surface area (Å²) in [6.07, 6.45) is 3.43. The summed E-state index contributed by atoms with van der Waals surface area (Å²) in [5.74, 6) is -1.32. The summed E-state index contributed by atoms with van der Waals surface area (Å²) < 4.78 is 1.71. The lowest BCUT2D eigenvalue weighted by Crippen LogP contribution is -2.29. The first kappa shape index (κ1) is 14.8. The predicted molar refractivity (Wildman–Crippen MR) is 78.2 cm³/mol. The highest BCUT2D eigenvalue weighted by Crippen LogP contribution is 2.21. The van der Waals surface area contributed by atoms with E-state index in [4.69, 9.17) is 5.11 Å². The van der Waals surface area contributed by atoms with Gasteiger partial charge in [0.05, 0.1) is 11.1 Å². The first-order valence-electron chi connectivity index (χ1n) is 6.52. The molecule has 2 N–H and O–H groups in total. The number of nitrogens with one attached hydrogen (secondary N) is 1. The molecule has 0 saturated heterocycles. The number of hydrogen-bond donors (Lipinski definition) is 2. The molecule has 21 heavy (non-hydrogen) atoms. The maximum atomic E-state index is 11.9. The van der Waals surface area contributed by atoms with E-state index in [0.717, 1.165) is 5.69 Å². The van der Waals surface area contributed by atoms with Gasteiger partial charge in [0, 0.05) is 24.5 Å². The van der Waals surface area contributed by atoms with Crippen molar-refractivity contribution in [2.24, 2.45) is 5.41 Å². The lowest BCUT2D eigenvalue weighted by molar-refractivity contribution is -0.148. The van der Waals surface area contributed by atoms with E-state index in [0.29, 0.717) is 5.69 Å². The minimum atomic E-state index is -1.08. The van der Waals surface area contributed by atoms with Crippen LogP contribution >= 0.6 is 0 Å². The maximum Gasteiger partial charge on any atom is 0.309 e. The molecule has 2 rings (SSSR count). The summed E-state index contributed by atoms with van der Waals surface area (Å²) in [6, 6.07) is 8.98. The minimum absolute atomic E-state index is 0.0801. The van der Waals surface area contributed by atoms with Crippen molar-refractivity contribution in [2.75, 3.05) is 5.32 Å². The van der Waals surface area contributed by atoms with Crippen LogP contribution in [0.2, 0.25) is 0 Å². The van der Waals surface area contributed by atoms with Crippen LogP contribution in [0.15, 0.2) is 42.7 Å². The Morgan fingerprint density at radius 3 is 2.48 bits per heavy atom. The second kappa shape index (κ2) is 5.78. The van der Waals surface area contributed by atoms with Crippen molar-refractivity contribution in [3.8, 4) is 5.69 Å². The Hall–Kier alpha value is -2.63. The zero-order chi connectivity index (χ0) is 15.5. The predicted octanol–water partition coefficient (Wildman–Crippen LogP) is 2.31. The van der Waals surface area contributed by atoms with E-state index in [1.54, 1.807) is 23.0 Å². The SMILES string of the molecule is CC(C)(CC(=O)Nc1ccc(-n2cccn2)cc1)C(=O)O. The number of nitrogens with zero attached hydrogens (tertiary/aromatic N) is 2. The highest BCUT2D eigenvalue weighted by atomic mass is 16.4. The third-order valence-electron chi connectivity index (χ3n) is 3.10. The van der Waals surface area contributed by atoms with Gasteiger partial charge < -0.3 is 10.4 Å². The maximum absolute atomic E-state index is 11.9. The molecular weight excluding hydrogens is 270 g/mol. The van der Waals surface area contributed by atoms with Crippen molar-refractivity contribution >= 4 is 17.6 Å². The molecule has 0 saturated carbocycles. The van der Waals surface area contributed by atoms with Gasteiger partial charge in [-0.05, 0) is 44.2 Å². The number of carbonyl (C=O) groups is 2. The number of aliphatic carboxylic acids is 1. The smallest absolute Gasteiger partial charge is 0.309 e. The summed E-state index contributed by atoms with van der Waals surface area (Å²) >= 11 is 0. The number of carbonyl (C=O) groups excluding carboxylic acids is 1. The number of aromatic nitrogens is 2. The van der Waals surface area contributed by atoms with Gasteiger partial charge in [0.15, 0.2) is 0 Å². The Morgan fingerprint density at radius 2 is 1.95 bits per heavy atom. The fraction of sp³-hybridized carbons (Fsp3) is 0.267. The second-order valence-electron chi connectivity index (χ2n) is 5.41. The Balaban J connectivity index is 2.01. The monoisotopic (exact) mass is 287 g/mol. The number of benzene rings is 1. The zero-order valence-corrected chi connectivity index (χ0v) is 11.9. The molecule has 6 heteroatoms. The Morgan fingerprint density at radius 1 is 1.29 bits per heavy atom. The number of carboxylic acids is 1. The molecule has 0 aliphatic rings. The molecule has 2 aromatic rings. The van der Waals surface area contributed by atoms with Crippen LogP contribution in [-0.2, 0) is 9.59 Å². The molecule has 0 atom stereocenters. The van der Waals surface area contributed by atoms with Gasteiger partial charge in [-0.15, -0.1) is 0 Å². The molecule has 1 heterocycles. The average molecular weight is 287 g/mol. The van der Waals surface area contributed by atoms with Crippen LogP contribution < -0.4 is 5.32 Å². The van der Waals surface area contributed by atoms with E-state index < -0.39 is 11.4 Å². The van der Waals surface area contributed by atoms with Crippen molar-refractivity contribution in [3.63, 3.8) is 0 Å². The van der Waals surface area contributed by atoms with Crippen molar-refractivity contribution in [1.82, 2.24) is 9.78 Å². The van der Waals surface area contributed by atoms with Gasteiger partial charge in [0.1, 0.15) is 0 Å². The first-order chi connectivity index (χ1) is 9.88. The number of anilines is 1. The van der Waals surface area contributed by atoms with Crippen LogP contribution in [0.4, 0.5) is 5.69 Å².